The molecule has 1 heterocycles. The van der Waals surface area contributed by atoms with Crippen LogP contribution in [0.5, 0.6) is 0 Å². The summed E-state index contributed by atoms with van der Waals surface area (Å²) in [6.45, 7) is 4.10. The Morgan fingerprint density at radius 3 is 2.56 bits per heavy atom. The van der Waals surface area contributed by atoms with Crippen molar-refractivity contribution in [2.75, 3.05) is 0 Å². The van der Waals surface area contributed by atoms with Crippen LogP contribution in [0.3, 0.4) is 0 Å². The van der Waals surface area contributed by atoms with Crippen LogP contribution in [0.25, 0.3) is 5.69 Å². The first-order valence-corrected chi connectivity index (χ1v) is 5.19. The summed E-state index contributed by atoms with van der Waals surface area (Å²) in [6, 6.07) is 9.95. The van der Waals surface area contributed by atoms with Crippen molar-refractivity contribution in [3.05, 3.63) is 47.3 Å². The first kappa shape index (κ1) is 10.4. The second kappa shape index (κ2) is 3.82. The molecule has 16 heavy (non-hydrogen) atoms. The minimum absolute atomic E-state index is 0.687. The van der Waals surface area contributed by atoms with E-state index in [1.54, 1.807) is 0 Å². The lowest BCUT2D eigenvalue weighted by Gasteiger charge is -2.01. The minimum Gasteiger partial charge on any atom is -0.192 e. The Hall–Kier alpha value is -2.08. The Morgan fingerprint density at radius 2 is 2.00 bits per heavy atom. The first-order valence-electron chi connectivity index (χ1n) is 5.19. The number of benzene rings is 1. The van der Waals surface area contributed by atoms with Crippen molar-refractivity contribution in [1.29, 1.82) is 5.26 Å². The van der Waals surface area contributed by atoms with Crippen molar-refractivity contribution in [3.63, 3.8) is 0 Å². The van der Waals surface area contributed by atoms with E-state index in [4.69, 9.17) is 5.26 Å². The van der Waals surface area contributed by atoms with E-state index in [1.807, 2.05) is 43.0 Å². The molecule has 0 atom stereocenters. The van der Waals surface area contributed by atoms with Crippen molar-refractivity contribution in [2.24, 2.45) is 7.05 Å². The predicted molar refractivity (Wildman–Crippen MR) is 61.1 cm³/mol. The predicted octanol–water partition coefficient (Wildman–Crippen LogP) is 1.79. The van der Waals surface area contributed by atoms with Crippen LogP contribution < -0.4 is 4.68 Å². The Bertz CT molecular complexity index is 573. The summed E-state index contributed by atoms with van der Waals surface area (Å²) in [5, 5.41) is 8.91. The van der Waals surface area contributed by atoms with Crippen LogP contribution in [0.15, 0.2) is 30.5 Å². The molecule has 0 N–H and O–H groups in total. The molecule has 3 nitrogen and oxygen atoms in total. The van der Waals surface area contributed by atoms with E-state index in [1.165, 1.54) is 5.69 Å². The summed E-state index contributed by atoms with van der Waals surface area (Å²) >= 11 is 0. The molecule has 2 rings (SSSR count). The average Bonchev–Trinajstić information content (AvgIpc) is 2.61. The Morgan fingerprint density at radius 1 is 1.25 bits per heavy atom. The van der Waals surface area contributed by atoms with Gasteiger partial charge in [0.15, 0.2) is 0 Å². The van der Waals surface area contributed by atoms with Gasteiger partial charge >= 0.3 is 0 Å². The molecule has 0 saturated heterocycles. The summed E-state index contributed by atoms with van der Waals surface area (Å²) in [4.78, 5) is 0. The van der Waals surface area contributed by atoms with E-state index < -0.39 is 0 Å². The molecule has 0 aliphatic heterocycles. The number of hydrogen-bond acceptors (Lipinski definition) is 1. The molecule has 1 aromatic carbocycles. The summed E-state index contributed by atoms with van der Waals surface area (Å²) in [6.07, 6.45) is 2.01. The molecule has 0 unspecified atom stereocenters. The van der Waals surface area contributed by atoms with Crippen molar-refractivity contribution >= 4 is 0 Å². The molecule has 0 saturated carbocycles. The van der Waals surface area contributed by atoms with Gasteiger partial charge in [-0.25, -0.2) is 0 Å². The Kier molecular flexibility index (Phi) is 2.49. The van der Waals surface area contributed by atoms with Gasteiger partial charge in [-0.3, -0.25) is 0 Å². The van der Waals surface area contributed by atoms with Gasteiger partial charge in [-0.2, -0.15) is 9.94 Å². The summed E-state index contributed by atoms with van der Waals surface area (Å²) in [5.41, 5.74) is 4.08. The molecule has 80 valence electrons. The maximum absolute atomic E-state index is 8.91. The number of rotatable bonds is 1. The second-order valence-electron chi connectivity index (χ2n) is 3.94. The van der Waals surface area contributed by atoms with E-state index >= 15 is 0 Å². The van der Waals surface area contributed by atoms with Crippen LogP contribution in [0.4, 0.5) is 0 Å². The monoisotopic (exact) mass is 212 g/mol. The summed E-state index contributed by atoms with van der Waals surface area (Å²) in [7, 11) is 2.01. The fourth-order valence-corrected chi connectivity index (χ4v) is 1.72. The Labute approximate surface area is 95.2 Å². The van der Waals surface area contributed by atoms with Gasteiger partial charge in [-0.05, 0) is 19.9 Å². The third kappa shape index (κ3) is 1.59. The quantitative estimate of drug-likeness (QED) is 0.663. The summed E-state index contributed by atoms with van der Waals surface area (Å²) < 4.78 is 4.11. The van der Waals surface area contributed by atoms with Crippen LogP contribution in [0, 0.1) is 25.2 Å². The second-order valence-corrected chi connectivity index (χ2v) is 3.94. The van der Waals surface area contributed by atoms with Gasteiger partial charge in [0.1, 0.15) is 0 Å². The Balaban J connectivity index is 2.64. The van der Waals surface area contributed by atoms with Gasteiger partial charge in [0.2, 0.25) is 11.9 Å². The molecule has 0 spiro atoms. The molecule has 0 fully saturated rings. The van der Waals surface area contributed by atoms with Crippen molar-refractivity contribution in [3.8, 4) is 11.8 Å². The van der Waals surface area contributed by atoms with Crippen LogP contribution in [-0.2, 0) is 7.05 Å². The van der Waals surface area contributed by atoms with E-state index in [0.29, 0.717) is 5.56 Å². The highest BCUT2D eigenvalue weighted by molar-refractivity contribution is 5.41. The van der Waals surface area contributed by atoms with Crippen LogP contribution in [-0.4, -0.2) is 4.68 Å². The molecule has 0 aliphatic rings. The van der Waals surface area contributed by atoms with Crippen molar-refractivity contribution in [1.82, 2.24) is 4.68 Å². The third-order valence-corrected chi connectivity index (χ3v) is 2.88. The van der Waals surface area contributed by atoms with E-state index in [9.17, 15) is 0 Å². The number of aryl methyl sites for hydroxylation is 2. The van der Waals surface area contributed by atoms with Crippen LogP contribution in [0.1, 0.15) is 16.8 Å². The zero-order valence-corrected chi connectivity index (χ0v) is 9.73. The highest BCUT2D eigenvalue weighted by Crippen LogP contribution is 2.10. The molecule has 0 radical (unpaired) electrons. The largest absolute Gasteiger partial charge is 0.239 e. The lowest BCUT2D eigenvalue weighted by Crippen LogP contribution is -2.39. The fraction of sp³-hybridized carbons (Fsp3) is 0.231. The van der Waals surface area contributed by atoms with Crippen LogP contribution >= 0.6 is 0 Å². The average molecular weight is 212 g/mol. The van der Waals surface area contributed by atoms with E-state index in [-0.39, 0.29) is 0 Å². The molecule has 2 aromatic rings. The van der Waals surface area contributed by atoms with Gasteiger partial charge < -0.3 is 0 Å². The molecule has 0 bridgehead atoms. The molecule has 1 aromatic heterocycles. The third-order valence-electron chi connectivity index (χ3n) is 2.88. The zero-order valence-electron chi connectivity index (χ0n) is 9.73. The van der Waals surface area contributed by atoms with Gasteiger partial charge in [-0.1, -0.05) is 10.7 Å². The molecular weight excluding hydrogens is 198 g/mol. The standard InChI is InChI=1S/C13H14N3/c1-10-4-5-12(9-14)8-13(10)16-7-6-11(2)15(16)3/h4-8H,1-3H3/q+1. The molecule has 0 amide bonds. The van der Waals surface area contributed by atoms with Gasteiger partial charge in [0.05, 0.1) is 24.4 Å². The number of hydrogen-bond donors (Lipinski definition) is 0. The fourth-order valence-electron chi connectivity index (χ4n) is 1.72. The summed E-state index contributed by atoms with van der Waals surface area (Å²) in [5.74, 6) is 0. The van der Waals surface area contributed by atoms with E-state index in [0.717, 1.165) is 11.3 Å². The van der Waals surface area contributed by atoms with Crippen molar-refractivity contribution in [2.45, 2.75) is 13.8 Å². The minimum atomic E-state index is 0.687. The van der Waals surface area contributed by atoms with Crippen molar-refractivity contribution < 1.29 is 4.68 Å². The molecule has 0 aliphatic carbocycles. The maximum Gasteiger partial charge on any atom is 0.239 e. The lowest BCUT2D eigenvalue weighted by molar-refractivity contribution is -0.683. The number of aromatic nitrogens is 2. The molecular formula is C13H14N3+. The van der Waals surface area contributed by atoms with Crippen LogP contribution in [0.2, 0.25) is 0 Å². The van der Waals surface area contributed by atoms with Gasteiger partial charge in [0, 0.05) is 17.7 Å². The lowest BCUT2D eigenvalue weighted by atomic mass is 10.1. The smallest absolute Gasteiger partial charge is 0.192 e. The molecule has 3 heteroatoms. The van der Waals surface area contributed by atoms with Gasteiger partial charge in [0.25, 0.3) is 0 Å². The number of nitriles is 1. The highest BCUT2D eigenvalue weighted by atomic mass is 15.4. The highest BCUT2D eigenvalue weighted by Gasteiger charge is 2.15. The normalized spacial score (nSPS) is 10.1. The first-order chi connectivity index (χ1) is 7.63. The zero-order chi connectivity index (χ0) is 11.7. The SMILES string of the molecule is Cc1ccc(C#N)cc1-[n+]1ccc(C)n1C. The maximum atomic E-state index is 8.91. The van der Waals surface area contributed by atoms with E-state index in [2.05, 4.69) is 23.7 Å². The van der Waals surface area contributed by atoms with Gasteiger partial charge in [-0.15, -0.1) is 0 Å². The number of nitrogens with zero attached hydrogens (tertiary/aromatic N) is 3. The topological polar surface area (TPSA) is 32.6 Å².